The molecule has 0 radical (unpaired) electrons. The molecule has 0 amide bonds. The SMILES string of the molecule is Cc1cccc(C)c1N(c1ccc2cc3c(cc2c1)oc1c3cc(C)c2c3cc4ccc(N(c5c(C)cccc5C)c5c(C)cccc5C)cc4cc3oc12)c1c(C)cccc1C. The third kappa shape index (κ3) is 6.03. The topological polar surface area (TPSA) is 32.8 Å². The summed E-state index contributed by atoms with van der Waals surface area (Å²) in [5, 5.41) is 8.92. The Morgan fingerprint density at radius 1 is 0.302 bits per heavy atom. The van der Waals surface area contributed by atoms with Crippen molar-refractivity contribution in [3.8, 4) is 0 Å². The minimum atomic E-state index is 0.783. The van der Waals surface area contributed by atoms with Crippen LogP contribution in [-0.4, -0.2) is 0 Å². The highest BCUT2D eigenvalue weighted by Gasteiger charge is 2.24. The standard InChI is InChI=1S/C59H50N2O2/c1-33-14-10-15-34(2)54(33)60(55-35(3)16-11-17-36(55)4)46-24-22-42-29-48-49-26-41(9)53-50-30-43-23-25-47(28-45(43)32-52(50)63-59(53)58(49)62-51(48)31-44(42)27-46)61(56-37(5)18-12-19-38(56)6)57-39(7)20-13-21-40(57)8/h10-32H,1-9H3. The van der Waals surface area contributed by atoms with Crippen LogP contribution in [0.4, 0.5) is 34.1 Å². The highest BCUT2D eigenvalue weighted by atomic mass is 16.4. The van der Waals surface area contributed by atoms with Crippen molar-refractivity contribution in [2.45, 2.75) is 62.3 Å². The molecule has 11 aromatic rings. The van der Waals surface area contributed by atoms with Crippen LogP contribution < -0.4 is 9.80 Å². The van der Waals surface area contributed by atoms with Gasteiger partial charge < -0.3 is 18.6 Å². The fourth-order valence-corrected chi connectivity index (χ4v) is 10.5. The molecule has 0 aliphatic rings. The number of hydrogen-bond donors (Lipinski definition) is 0. The summed E-state index contributed by atoms with van der Waals surface area (Å²) in [6, 6.07) is 51.1. The average Bonchev–Trinajstić information content (AvgIpc) is 3.80. The summed E-state index contributed by atoms with van der Waals surface area (Å²) in [7, 11) is 0. The first-order valence-corrected chi connectivity index (χ1v) is 22.0. The van der Waals surface area contributed by atoms with Gasteiger partial charge in [0.25, 0.3) is 0 Å². The molecular weight excluding hydrogens is 769 g/mol. The van der Waals surface area contributed by atoms with Crippen molar-refractivity contribution < 1.29 is 8.83 Å². The first-order valence-electron chi connectivity index (χ1n) is 22.0. The van der Waals surface area contributed by atoms with Crippen molar-refractivity contribution >= 4 is 99.5 Å². The maximum atomic E-state index is 6.91. The molecule has 0 atom stereocenters. The Hall–Kier alpha value is -7.30. The van der Waals surface area contributed by atoms with Crippen molar-refractivity contribution in [1.82, 2.24) is 0 Å². The smallest absolute Gasteiger partial charge is 0.178 e. The van der Waals surface area contributed by atoms with E-state index < -0.39 is 0 Å². The third-order valence-electron chi connectivity index (χ3n) is 13.4. The summed E-state index contributed by atoms with van der Waals surface area (Å²) in [6.07, 6.45) is 0. The monoisotopic (exact) mass is 818 g/mol. The quantitative estimate of drug-likeness (QED) is 0.167. The highest BCUT2D eigenvalue weighted by molar-refractivity contribution is 6.22. The molecule has 0 N–H and O–H groups in total. The van der Waals surface area contributed by atoms with Gasteiger partial charge in [-0.1, -0.05) is 84.9 Å². The van der Waals surface area contributed by atoms with E-state index in [1.165, 1.54) is 78.2 Å². The van der Waals surface area contributed by atoms with Crippen molar-refractivity contribution in [2.75, 3.05) is 9.80 Å². The average molecular weight is 819 g/mol. The molecule has 0 unspecified atom stereocenters. The first kappa shape index (κ1) is 38.6. The predicted octanol–water partition coefficient (Wildman–Crippen LogP) is 17.5. The van der Waals surface area contributed by atoms with E-state index in [1.54, 1.807) is 0 Å². The molecule has 2 heterocycles. The second-order valence-electron chi connectivity index (χ2n) is 17.9. The maximum absolute atomic E-state index is 6.91. The van der Waals surface area contributed by atoms with Gasteiger partial charge in [0.05, 0.1) is 22.7 Å². The van der Waals surface area contributed by atoms with Crippen molar-refractivity contribution in [2.24, 2.45) is 0 Å². The van der Waals surface area contributed by atoms with Crippen molar-refractivity contribution in [3.05, 3.63) is 190 Å². The number of anilines is 6. The molecule has 63 heavy (non-hydrogen) atoms. The van der Waals surface area contributed by atoms with Gasteiger partial charge >= 0.3 is 0 Å². The molecule has 0 bridgehead atoms. The molecule has 4 heteroatoms. The Bertz CT molecular complexity index is 3510. The third-order valence-corrected chi connectivity index (χ3v) is 13.4. The van der Waals surface area contributed by atoms with Gasteiger partial charge in [0, 0.05) is 32.9 Å². The summed E-state index contributed by atoms with van der Waals surface area (Å²) < 4.78 is 13.8. The molecule has 11 rings (SSSR count). The van der Waals surface area contributed by atoms with Gasteiger partial charge in [-0.15, -0.1) is 0 Å². The van der Waals surface area contributed by atoms with Crippen LogP contribution in [0.2, 0.25) is 0 Å². The molecule has 0 aliphatic carbocycles. The Morgan fingerprint density at radius 3 is 1.08 bits per heavy atom. The van der Waals surface area contributed by atoms with Crippen LogP contribution in [0.5, 0.6) is 0 Å². The number of aryl methyl sites for hydroxylation is 9. The van der Waals surface area contributed by atoms with E-state index in [-0.39, 0.29) is 0 Å². The number of para-hydroxylation sites is 4. The van der Waals surface area contributed by atoms with Gasteiger partial charge in [0.15, 0.2) is 11.2 Å². The number of rotatable bonds is 6. The number of benzene rings is 9. The van der Waals surface area contributed by atoms with Gasteiger partial charge in [0.2, 0.25) is 0 Å². The first-order chi connectivity index (χ1) is 30.4. The molecule has 0 aliphatic heterocycles. The van der Waals surface area contributed by atoms with E-state index in [9.17, 15) is 0 Å². The van der Waals surface area contributed by atoms with Crippen LogP contribution in [0, 0.1) is 62.3 Å². The molecule has 0 saturated heterocycles. The summed E-state index contributed by atoms with van der Waals surface area (Å²) in [5.41, 5.74) is 21.4. The van der Waals surface area contributed by atoms with Gasteiger partial charge in [0.1, 0.15) is 11.2 Å². The van der Waals surface area contributed by atoms with E-state index in [0.717, 1.165) is 71.4 Å². The predicted molar refractivity (Wildman–Crippen MR) is 268 cm³/mol. The van der Waals surface area contributed by atoms with Gasteiger partial charge in [-0.05, 0) is 189 Å². The number of fused-ring (bicyclic) bond motifs is 9. The van der Waals surface area contributed by atoms with E-state index in [0.29, 0.717) is 0 Å². The van der Waals surface area contributed by atoms with Crippen LogP contribution >= 0.6 is 0 Å². The Kier molecular flexibility index (Phi) is 8.82. The highest BCUT2D eigenvalue weighted by Crippen LogP contribution is 2.47. The summed E-state index contributed by atoms with van der Waals surface area (Å²) in [4.78, 5) is 4.88. The number of furan rings is 2. The zero-order chi connectivity index (χ0) is 43.4. The zero-order valence-corrected chi connectivity index (χ0v) is 37.5. The summed E-state index contributed by atoms with van der Waals surface area (Å²) >= 11 is 0. The fraction of sp³-hybridized carbons (Fsp3) is 0.153. The molecule has 308 valence electrons. The lowest BCUT2D eigenvalue weighted by molar-refractivity contribution is 0.633. The molecular formula is C59H50N2O2. The molecule has 0 saturated carbocycles. The van der Waals surface area contributed by atoms with Gasteiger partial charge in [-0.3, -0.25) is 0 Å². The van der Waals surface area contributed by atoms with Crippen LogP contribution in [0.1, 0.15) is 50.1 Å². The van der Waals surface area contributed by atoms with Crippen molar-refractivity contribution in [3.63, 3.8) is 0 Å². The van der Waals surface area contributed by atoms with E-state index in [1.807, 2.05) is 0 Å². The van der Waals surface area contributed by atoms with Crippen molar-refractivity contribution in [1.29, 1.82) is 0 Å². The minimum absolute atomic E-state index is 0.783. The Labute approximate surface area is 368 Å². The van der Waals surface area contributed by atoms with Crippen LogP contribution in [0.15, 0.2) is 148 Å². The molecule has 2 aromatic heterocycles. The lowest BCUT2D eigenvalue weighted by Crippen LogP contribution is -2.15. The lowest BCUT2D eigenvalue weighted by Gasteiger charge is -2.31. The largest absolute Gasteiger partial charge is 0.452 e. The second kappa shape index (κ2) is 14.4. The molecule has 4 nitrogen and oxygen atoms in total. The second-order valence-corrected chi connectivity index (χ2v) is 17.9. The molecule has 9 aromatic carbocycles. The van der Waals surface area contributed by atoms with E-state index >= 15 is 0 Å². The Balaban J connectivity index is 1.07. The fourth-order valence-electron chi connectivity index (χ4n) is 10.5. The van der Waals surface area contributed by atoms with E-state index in [2.05, 4.69) is 212 Å². The molecule has 0 fully saturated rings. The minimum Gasteiger partial charge on any atom is -0.452 e. The normalized spacial score (nSPS) is 11.9. The maximum Gasteiger partial charge on any atom is 0.178 e. The van der Waals surface area contributed by atoms with Gasteiger partial charge in [-0.2, -0.15) is 0 Å². The zero-order valence-electron chi connectivity index (χ0n) is 37.5. The molecule has 0 spiro atoms. The van der Waals surface area contributed by atoms with Crippen LogP contribution in [0.3, 0.4) is 0 Å². The summed E-state index contributed by atoms with van der Waals surface area (Å²) in [6.45, 7) is 19.8. The van der Waals surface area contributed by atoms with Crippen LogP contribution in [-0.2, 0) is 0 Å². The summed E-state index contributed by atoms with van der Waals surface area (Å²) in [5.74, 6) is 0. The Morgan fingerprint density at radius 2 is 0.667 bits per heavy atom. The van der Waals surface area contributed by atoms with Crippen LogP contribution in [0.25, 0.3) is 65.4 Å². The van der Waals surface area contributed by atoms with E-state index in [4.69, 9.17) is 8.83 Å². The number of nitrogens with zero attached hydrogens (tertiary/aromatic N) is 2. The number of hydrogen-bond acceptors (Lipinski definition) is 4. The lowest BCUT2D eigenvalue weighted by atomic mass is 9.99. The van der Waals surface area contributed by atoms with Gasteiger partial charge in [-0.25, -0.2) is 0 Å².